The number of rotatable bonds is 3. The summed E-state index contributed by atoms with van der Waals surface area (Å²) < 4.78 is 1.40. The molecule has 0 unspecified atom stereocenters. The Labute approximate surface area is 118 Å². The Kier molecular flexibility index (Phi) is 4.42. The quantitative estimate of drug-likeness (QED) is 0.920. The van der Waals surface area contributed by atoms with E-state index in [0.29, 0.717) is 0 Å². The maximum Gasteiger partial charge on any atom is 0.354 e. The molecule has 1 fully saturated rings. The lowest BCUT2D eigenvalue weighted by Gasteiger charge is -2.18. The first kappa shape index (κ1) is 14.6. The van der Waals surface area contributed by atoms with E-state index in [9.17, 15) is 14.7 Å². The molecule has 6 heteroatoms. The lowest BCUT2D eigenvalue weighted by atomic mass is 10.2. The number of hydrogen-bond donors (Lipinski definition) is 1. The average Bonchev–Trinajstić information content (AvgIpc) is 2.68. The summed E-state index contributed by atoms with van der Waals surface area (Å²) in [6, 6.07) is 1.29. The van der Waals surface area contributed by atoms with Crippen molar-refractivity contribution in [2.75, 3.05) is 13.1 Å². The number of carbonyl (C=O) groups is 2. The van der Waals surface area contributed by atoms with Crippen molar-refractivity contribution in [2.45, 2.75) is 45.6 Å². The van der Waals surface area contributed by atoms with Crippen LogP contribution in [0, 0.1) is 0 Å². The molecule has 1 saturated heterocycles. The van der Waals surface area contributed by atoms with Gasteiger partial charge in [0.15, 0.2) is 5.69 Å². The van der Waals surface area contributed by atoms with Gasteiger partial charge in [0.25, 0.3) is 5.91 Å². The SMILES string of the molecule is CC(C)n1nc(C(=O)N2CCCCCC2)cc1C(=O)O. The third-order valence-corrected chi connectivity index (χ3v) is 3.56. The summed E-state index contributed by atoms with van der Waals surface area (Å²) >= 11 is 0. The topological polar surface area (TPSA) is 75.4 Å². The highest BCUT2D eigenvalue weighted by atomic mass is 16.4. The van der Waals surface area contributed by atoms with E-state index in [-0.39, 0.29) is 23.3 Å². The van der Waals surface area contributed by atoms with Crippen molar-refractivity contribution in [3.05, 3.63) is 17.5 Å². The molecule has 1 amide bonds. The third kappa shape index (κ3) is 3.00. The lowest BCUT2D eigenvalue weighted by Crippen LogP contribution is -2.32. The fourth-order valence-electron chi connectivity index (χ4n) is 2.49. The van der Waals surface area contributed by atoms with Crippen LogP contribution in [0.15, 0.2) is 6.07 Å². The Morgan fingerprint density at radius 2 is 1.80 bits per heavy atom. The van der Waals surface area contributed by atoms with E-state index < -0.39 is 5.97 Å². The Balaban J connectivity index is 2.25. The van der Waals surface area contributed by atoms with Crippen molar-refractivity contribution in [3.8, 4) is 0 Å². The van der Waals surface area contributed by atoms with Crippen LogP contribution in [0.25, 0.3) is 0 Å². The summed E-state index contributed by atoms with van der Waals surface area (Å²) in [5.74, 6) is -1.21. The summed E-state index contributed by atoms with van der Waals surface area (Å²) in [6.45, 7) is 5.16. The molecule has 1 aromatic rings. The van der Waals surface area contributed by atoms with Crippen LogP contribution in [0.5, 0.6) is 0 Å². The number of likely N-dealkylation sites (tertiary alicyclic amines) is 1. The molecular weight excluding hydrogens is 258 g/mol. The Bertz CT molecular complexity index is 500. The highest BCUT2D eigenvalue weighted by Crippen LogP contribution is 2.16. The number of aromatic carboxylic acids is 1. The molecule has 1 aromatic heterocycles. The van der Waals surface area contributed by atoms with E-state index in [2.05, 4.69) is 5.10 Å². The first-order valence-corrected chi connectivity index (χ1v) is 7.13. The minimum atomic E-state index is -1.05. The lowest BCUT2D eigenvalue weighted by molar-refractivity contribution is 0.0680. The smallest absolute Gasteiger partial charge is 0.354 e. The van der Waals surface area contributed by atoms with Crippen LogP contribution in [0.3, 0.4) is 0 Å². The van der Waals surface area contributed by atoms with Gasteiger partial charge in [-0.05, 0) is 26.7 Å². The second kappa shape index (κ2) is 6.07. The van der Waals surface area contributed by atoms with Gasteiger partial charge in [-0.1, -0.05) is 12.8 Å². The number of carboxylic acid groups (broad SMARTS) is 1. The number of amides is 1. The predicted octanol–water partition coefficient (Wildman–Crippen LogP) is 2.18. The van der Waals surface area contributed by atoms with Crippen LogP contribution in [-0.2, 0) is 0 Å². The number of hydrogen-bond acceptors (Lipinski definition) is 3. The number of carbonyl (C=O) groups excluding carboxylic acids is 1. The first-order chi connectivity index (χ1) is 9.50. The van der Waals surface area contributed by atoms with Gasteiger partial charge in [0.2, 0.25) is 0 Å². The summed E-state index contributed by atoms with van der Waals surface area (Å²) in [4.78, 5) is 25.4. The van der Waals surface area contributed by atoms with Crippen LogP contribution in [0.1, 0.15) is 66.5 Å². The molecule has 1 aliphatic heterocycles. The van der Waals surface area contributed by atoms with Crippen molar-refractivity contribution in [1.29, 1.82) is 0 Å². The molecule has 0 aromatic carbocycles. The molecule has 0 aliphatic carbocycles. The maximum atomic E-state index is 12.4. The minimum Gasteiger partial charge on any atom is -0.477 e. The van der Waals surface area contributed by atoms with Crippen molar-refractivity contribution in [2.24, 2.45) is 0 Å². The van der Waals surface area contributed by atoms with Crippen LogP contribution >= 0.6 is 0 Å². The Hall–Kier alpha value is -1.85. The molecule has 0 bridgehead atoms. The highest BCUT2D eigenvalue weighted by molar-refractivity contribution is 5.95. The van der Waals surface area contributed by atoms with E-state index in [0.717, 1.165) is 38.8 Å². The molecule has 0 saturated carbocycles. The molecule has 1 N–H and O–H groups in total. The third-order valence-electron chi connectivity index (χ3n) is 3.56. The monoisotopic (exact) mass is 279 g/mol. The van der Waals surface area contributed by atoms with E-state index in [1.807, 2.05) is 13.8 Å². The van der Waals surface area contributed by atoms with Gasteiger partial charge >= 0.3 is 5.97 Å². The zero-order valence-corrected chi connectivity index (χ0v) is 12.0. The Morgan fingerprint density at radius 1 is 1.20 bits per heavy atom. The molecule has 0 radical (unpaired) electrons. The van der Waals surface area contributed by atoms with Crippen molar-refractivity contribution in [3.63, 3.8) is 0 Å². The standard InChI is InChI=1S/C14H21N3O3/c1-10(2)17-12(14(19)20)9-11(15-17)13(18)16-7-5-3-4-6-8-16/h9-10H,3-8H2,1-2H3,(H,19,20). The molecule has 0 spiro atoms. The van der Waals surface area contributed by atoms with E-state index in [1.54, 1.807) is 4.90 Å². The molecular formula is C14H21N3O3. The van der Waals surface area contributed by atoms with E-state index in [4.69, 9.17) is 0 Å². The molecule has 20 heavy (non-hydrogen) atoms. The zero-order valence-electron chi connectivity index (χ0n) is 12.0. The van der Waals surface area contributed by atoms with Crippen LogP contribution in [0.2, 0.25) is 0 Å². The van der Waals surface area contributed by atoms with Gasteiger partial charge in [-0.2, -0.15) is 5.10 Å². The molecule has 1 aliphatic rings. The van der Waals surface area contributed by atoms with Gasteiger partial charge in [-0.3, -0.25) is 9.48 Å². The second-order valence-electron chi connectivity index (χ2n) is 5.46. The van der Waals surface area contributed by atoms with E-state index in [1.165, 1.54) is 10.7 Å². The Morgan fingerprint density at radius 3 is 2.25 bits per heavy atom. The normalized spacial score (nSPS) is 16.2. The summed E-state index contributed by atoms with van der Waals surface area (Å²) in [5.41, 5.74) is 0.302. The summed E-state index contributed by atoms with van der Waals surface area (Å²) in [5, 5.41) is 13.4. The molecule has 0 atom stereocenters. The van der Waals surface area contributed by atoms with Gasteiger partial charge in [0.05, 0.1) is 0 Å². The summed E-state index contributed by atoms with van der Waals surface area (Å²) in [7, 11) is 0. The number of carboxylic acids is 1. The molecule has 2 rings (SSSR count). The fraction of sp³-hybridized carbons (Fsp3) is 0.643. The van der Waals surface area contributed by atoms with Crippen LogP contribution in [-0.4, -0.2) is 44.8 Å². The molecule has 2 heterocycles. The second-order valence-corrected chi connectivity index (χ2v) is 5.46. The van der Waals surface area contributed by atoms with Crippen molar-refractivity contribution >= 4 is 11.9 Å². The molecule has 6 nitrogen and oxygen atoms in total. The fourth-order valence-corrected chi connectivity index (χ4v) is 2.49. The van der Waals surface area contributed by atoms with Gasteiger partial charge in [-0.25, -0.2) is 4.79 Å². The van der Waals surface area contributed by atoms with E-state index >= 15 is 0 Å². The average molecular weight is 279 g/mol. The number of aromatic nitrogens is 2. The van der Waals surface area contributed by atoms with Crippen LogP contribution < -0.4 is 0 Å². The largest absolute Gasteiger partial charge is 0.477 e. The maximum absolute atomic E-state index is 12.4. The van der Waals surface area contributed by atoms with Gasteiger partial charge < -0.3 is 10.0 Å². The molecule has 110 valence electrons. The summed E-state index contributed by atoms with van der Waals surface area (Å²) in [6.07, 6.45) is 4.29. The zero-order chi connectivity index (χ0) is 14.7. The van der Waals surface area contributed by atoms with Crippen molar-refractivity contribution in [1.82, 2.24) is 14.7 Å². The first-order valence-electron chi connectivity index (χ1n) is 7.13. The predicted molar refractivity (Wildman–Crippen MR) is 73.9 cm³/mol. The van der Waals surface area contributed by atoms with Crippen molar-refractivity contribution < 1.29 is 14.7 Å². The van der Waals surface area contributed by atoms with Crippen LogP contribution in [0.4, 0.5) is 0 Å². The van der Waals surface area contributed by atoms with Gasteiger partial charge in [0.1, 0.15) is 5.69 Å². The van der Waals surface area contributed by atoms with Gasteiger partial charge in [-0.15, -0.1) is 0 Å². The minimum absolute atomic E-state index is 0.0678. The number of nitrogens with zero attached hydrogens (tertiary/aromatic N) is 3. The van der Waals surface area contributed by atoms with Gasteiger partial charge in [0, 0.05) is 25.2 Å². The highest BCUT2D eigenvalue weighted by Gasteiger charge is 2.24.